The number of nitrogens with zero attached hydrogens (tertiary/aromatic N) is 5. The maximum absolute atomic E-state index is 12.4. The summed E-state index contributed by atoms with van der Waals surface area (Å²) in [6, 6.07) is 3.02. The van der Waals surface area contributed by atoms with Crippen LogP contribution in [0.1, 0.15) is 18.5 Å². The molecule has 0 aromatic carbocycles. The topological polar surface area (TPSA) is 133 Å². The Balaban J connectivity index is 1.82. The molecular weight excluding hydrogens is 386 g/mol. The van der Waals surface area contributed by atoms with E-state index in [1.807, 2.05) is 6.07 Å². The first-order valence-electron chi connectivity index (χ1n) is 9.43. The van der Waals surface area contributed by atoms with E-state index in [4.69, 9.17) is 4.74 Å². The normalized spacial score (nSPS) is 13.8. The van der Waals surface area contributed by atoms with Crippen LogP contribution in [0.25, 0.3) is 11.3 Å². The molecule has 2 aromatic rings. The number of nitrogens with one attached hydrogen (secondary N) is 2. The lowest BCUT2D eigenvalue weighted by Crippen LogP contribution is -2.42. The SMILES string of the molecule is COCC(Nc1cc(-c2cnc(NC(=O)C3CC3)cn2)cnc1C#N)C(=O)N(C)C. The Kier molecular flexibility index (Phi) is 6.54. The zero-order valence-corrected chi connectivity index (χ0v) is 17.0. The third-order valence-corrected chi connectivity index (χ3v) is 4.54. The van der Waals surface area contributed by atoms with Crippen LogP contribution in [0.5, 0.6) is 0 Å². The van der Waals surface area contributed by atoms with E-state index in [-0.39, 0.29) is 30.0 Å². The lowest BCUT2D eigenvalue weighted by atomic mass is 10.1. The highest BCUT2D eigenvalue weighted by molar-refractivity contribution is 5.93. The van der Waals surface area contributed by atoms with Gasteiger partial charge in [-0.05, 0) is 18.9 Å². The van der Waals surface area contributed by atoms with E-state index in [9.17, 15) is 14.9 Å². The number of likely N-dealkylation sites (N-methyl/N-ethyl adjacent to an activating group) is 1. The van der Waals surface area contributed by atoms with Gasteiger partial charge >= 0.3 is 0 Å². The number of amides is 2. The van der Waals surface area contributed by atoms with Crippen molar-refractivity contribution in [2.24, 2.45) is 5.92 Å². The maximum atomic E-state index is 12.4. The van der Waals surface area contributed by atoms with E-state index in [0.717, 1.165) is 12.8 Å². The number of hydrogen-bond donors (Lipinski definition) is 2. The second-order valence-electron chi connectivity index (χ2n) is 7.17. The number of aromatic nitrogens is 3. The van der Waals surface area contributed by atoms with Crippen LogP contribution in [0.2, 0.25) is 0 Å². The van der Waals surface area contributed by atoms with Gasteiger partial charge in [0.2, 0.25) is 11.8 Å². The molecule has 30 heavy (non-hydrogen) atoms. The highest BCUT2D eigenvalue weighted by Crippen LogP contribution is 2.30. The first kappa shape index (κ1) is 21.1. The molecule has 0 radical (unpaired) electrons. The number of carbonyl (C=O) groups is 2. The fourth-order valence-corrected chi connectivity index (χ4v) is 2.76. The highest BCUT2D eigenvalue weighted by atomic mass is 16.5. The van der Waals surface area contributed by atoms with Gasteiger partial charge in [-0.1, -0.05) is 0 Å². The van der Waals surface area contributed by atoms with Crippen LogP contribution in [0.3, 0.4) is 0 Å². The maximum Gasteiger partial charge on any atom is 0.246 e. The smallest absolute Gasteiger partial charge is 0.246 e. The quantitative estimate of drug-likeness (QED) is 0.666. The molecule has 2 amide bonds. The summed E-state index contributed by atoms with van der Waals surface area (Å²) in [6.45, 7) is 0.126. The van der Waals surface area contributed by atoms with Gasteiger partial charge in [0, 0.05) is 38.9 Å². The summed E-state index contributed by atoms with van der Waals surface area (Å²) in [7, 11) is 4.79. The van der Waals surface area contributed by atoms with Crippen LogP contribution in [-0.2, 0) is 14.3 Å². The Morgan fingerprint density at radius 3 is 2.60 bits per heavy atom. The molecule has 1 atom stereocenters. The van der Waals surface area contributed by atoms with Gasteiger partial charge in [0.1, 0.15) is 12.1 Å². The molecule has 156 valence electrons. The van der Waals surface area contributed by atoms with Crippen molar-refractivity contribution in [2.75, 3.05) is 38.4 Å². The van der Waals surface area contributed by atoms with Crippen LogP contribution in [-0.4, -0.2) is 65.5 Å². The fourth-order valence-electron chi connectivity index (χ4n) is 2.76. The van der Waals surface area contributed by atoms with Crippen LogP contribution in [0, 0.1) is 17.2 Å². The molecular formula is C20H23N7O3. The Labute approximate surface area is 174 Å². The molecule has 3 rings (SSSR count). The van der Waals surface area contributed by atoms with Gasteiger partial charge in [0.05, 0.1) is 30.4 Å². The highest BCUT2D eigenvalue weighted by Gasteiger charge is 2.29. The number of ether oxygens (including phenoxy) is 1. The van der Waals surface area contributed by atoms with Crippen molar-refractivity contribution in [1.82, 2.24) is 19.9 Å². The zero-order chi connectivity index (χ0) is 21.7. The summed E-state index contributed by atoms with van der Waals surface area (Å²) in [5.74, 6) is 0.222. The second kappa shape index (κ2) is 9.28. The molecule has 2 heterocycles. The van der Waals surface area contributed by atoms with Crippen LogP contribution >= 0.6 is 0 Å². The Hall–Kier alpha value is -3.58. The fraction of sp³-hybridized carbons (Fsp3) is 0.400. The molecule has 2 aromatic heterocycles. The molecule has 10 nitrogen and oxygen atoms in total. The first-order valence-corrected chi connectivity index (χ1v) is 9.43. The average Bonchev–Trinajstić information content (AvgIpc) is 3.59. The molecule has 10 heteroatoms. The number of hydrogen-bond acceptors (Lipinski definition) is 8. The average molecular weight is 409 g/mol. The molecule has 0 spiro atoms. The molecule has 1 aliphatic carbocycles. The minimum Gasteiger partial charge on any atom is -0.382 e. The van der Waals surface area contributed by atoms with Crippen molar-refractivity contribution >= 4 is 23.3 Å². The van der Waals surface area contributed by atoms with Gasteiger partial charge in [0.15, 0.2) is 11.5 Å². The van der Waals surface area contributed by atoms with Crippen LogP contribution in [0.4, 0.5) is 11.5 Å². The predicted molar refractivity (Wildman–Crippen MR) is 109 cm³/mol. The van der Waals surface area contributed by atoms with Gasteiger partial charge in [-0.15, -0.1) is 0 Å². The Bertz CT molecular complexity index is 965. The van der Waals surface area contributed by atoms with Gasteiger partial charge in [-0.25, -0.2) is 9.97 Å². The van der Waals surface area contributed by atoms with Crippen molar-refractivity contribution < 1.29 is 14.3 Å². The number of carbonyl (C=O) groups excluding carboxylic acids is 2. The monoisotopic (exact) mass is 409 g/mol. The molecule has 1 unspecified atom stereocenters. The molecule has 0 bridgehead atoms. The minimum absolute atomic E-state index is 0.0432. The molecule has 1 saturated carbocycles. The van der Waals surface area contributed by atoms with Crippen LogP contribution < -0.4 is 10.6 Å². The van der Waals surface area contributed by atoms with E-state index in [1.165, 1.54) is 30.6 Å². The van der Waals surface area contributed by atoms with Gasteiger partial charge < -0.3 is 20.3 Å². The standard InChI is InChI=1S/C20H23N7O3/c1-27(2)20(29)17(11-30-3)25-14-6-13(8-22-15(14)7-21)16-9-24-18(10-23-16)26-19(28)12-4-5-12/h6,8-10,12,17,25H,4-5,11H2,1-3H3,(H,24,26,28). The summed E-state index contributed by atoms with van der Waals surface area (Å²) in [6.07, 6.45) is 6.32. The Morgan fingerprint density at radius 1 is 1.27 bits per heavy atom. The molecule has 0 saturated heterocycles. The summed E-state index contributed by atoms with van der Waals surface area (Å²) < 4.78 is 5.13. The van der Waals surface area contributed by atoms with Gasteiger partial charge in [0.25, 0.3) is 0 Å². The van der Waals surface area contributed by atoms with Crippen molar-refractivity contribution in [3.8, 4) is 17.3 Å². The summed E-state index contributed by atoms with van der Waals surface area (Å²) in [5, 5.41) is 15.2. The van der Waals surface area contributed by atoms with E-state index >= 15 is 0 Å². The van der Waals surface area contributed by atoms with Crippen molar-refractivity contribution in [2.45, 2.75) is 18.9 Å². The third-order valence-electron chi connectivity index (χ3n) is 4.54. The minimum atomic E-state index is -0.680. The van der Waals surface area contributed by atoms with Gasteiger partial charge in [-0.3, -0.25) is 14.6 Å². The summed E-state index contributed by atoms with van der Waals surface area (Å²) >= 11 is 0. The number of methoxy groups -OCH3 is 1. The molecule has 1 fully saturated rings. The lowest BCUT2D eigenvalue weighted by molar-refractivity contribution is -0.130. The molecule has 0 aliphatic heterocycles. The largest absolute Gasteiger partial charge is 0.382 e. The third kappa shape index (κ3) is 5.07. The zero-order valence-electron chi connectivity index (χ0n) is 17.0. The molecule has 2 N–H and O–H groups in total. The van der Waals surface area contributed by atoms with Crippen LogP contribution in [0.15, 0.2) is 24.7 Å². The van der Waals surface area contributed by atoms with E-state index in [1.54, 1.807) is 20.2 Å². The number of anilines is 2. The van der Waals surface area contributed by atoms with Crippen molar-refractivity contribution in [3.05, 3.63) is 30.4 Å². The number of nitriles is 1. The Morgan fingerprint density at radius 2 is 2.03 bits per heavy atom. The summed E-state index contributed by atoms with van der Waals surface area (Å²) in [5.41, 5.74) is 1.66. The van der Waals surface area contributed by atoms with E-state index in [0.29, 0.717) is 22.8 Å². The van der Waals surface area contributed by atoms with E-state index < -0.39 is 6.04 Å². The van der Waals surface area contributed by atoms with Gasteiger partial charge in [-0.2, -0.15) is 5.26 Å². The van der Waals surface area contributed by atoms with E-state index in [2.05, 4.69) is 25.6 Å². The second-order valence-corrected chi connectivity index (χ2v) is 7.17. The van der Waals surface area contributed by atoms with Crippen molar-refractivity contribution in [1.29, 1.82) is 5.26 Å². The number of rotatable bonds is 8. The summed E-state index contributed by atoms with van der Waals surface area (Å²) in [4.78, 5) is 38.4. The lowest BCUT2D eigenvalue weighted by Gasteiger charge is -2.22. The number of pyridine rings is 1. The predicted octanol–water partition coefficient (Wildman–Crippen LogP) is 1.27. The first-order chi connectivity index (χ1) is 14.4. The molecule has 1 aliphatic rings. The van der Waals surface area contributed by atoms with Crippen molar-refractivity contribution in [3.63, 3.8) is 0 Å².